The molecule has 0 fully saturated rings. The number of nitrogens with one attached hydrogen (secondary N) is 2. The maximum Gasteiger partial charge on any atom is 0.387 e. The Bertz CT molecular complexity index is 779. The van der Waals surface area contributed by atoms with Crippen molar-refractivity contribution in [1.29, 1.82) is 0 Å². The lowest BCUT2D eigenvalue weighted by Gasteiger charge is -2.12. The highest BCUT2D eigenvalue weighted by molar-refractivity contribution is 5.93. The number of methoxy groups -OCH3 is 1. The van der Waals surface area contributed by atoms with E-state index in [4.69, 9.17) is 4.74 Å². The van der Waals surface area contributed by atoms with Crippen LogP contribution in [0.3, 0.4) is 0 Å². The zero-order chi connectivity index (χ0) is 19.1. The minimum Gasteiger partial charge on any atom is -0.493 e. The molecule has 0 bridgehead atoms. The molecular formula is C18H18F2N2O4. The van der Waals surface area contributed by atoms with Crippen molar-refractivity contribution >= 4 is 23.2 Å². The van der Waals surface area contributed by atoms with Crippen molar-refractivity contribution in [2.24, 2.45) is 0 Å². The van der Waals surface area contributed by atoms with Crippen LogP contribution in [0.1, 0.15) is 12.5 Å². The molecule has 138 valence electrons. The van der Waals surface area contributed by atoms with Gasteiger partial charge in [-0.15, -0.1) is 0 Å². The topological polar surface area (TPSA) is 76.7 Å². The summed E-state index contributed by atoms with van der Waals surface area (Å²) in [6.07, 6.45) is 0.0808. The molecule has 2 rings (SSSR count). The lowest BCUT2D eigenvalue weighted by molar-refractivity contribution is -0.116. The van der Waals surface area contributed by atoms with E-state index in [1.54, 1.807) is 24.3 Å². The molecule has 2 N–H and O–H groups in total. The van der Waals surface area contributed by atoms with Crippen LogP contribution in [-0.2, 0) is 16.0 Å². The SMILES string of the molecule is COc1ccc(NC(=O)Cc2ccc(NC(C)=O)cc2)cc1OC(F)F. The van der Waals surface area contributed by atoms with Crippen LogP contribution in [0.15, 0.2) is 42.5 Å². The van der Waals surface area contributed by atoms with Gasteiger partial charge in [-0.2, -0.15) is 8.78 Å². The Labute approximate surface area is 149 Å². The van der Waals surface area contributed by atoms with E-state index >= 15 is 0 Å². The summed E-state index contributed by atoms with van der Waals surface area (Å²) in [5, 5.41) is 5.24. The Morgan fingerprint density at radius 2 is 1.65 bits per heavy atom. The number of amides is 2. The van der Waals surface area contributed by atoms with Crippen molar-refractivity contribution in [2.75, 3.05) is 17.7 Å². The van der Waals surface area contributed by atoms with Gasteiger partial charge in [-0.05, 0) is 29.8 Å². The maximum absolute atomic E-state index is 12.4. The average Bonchev–Trinajstić information content (AvgIpc) is 2.56. The highest BCUT2D eigenvalue weighted by Crippen LogP contribution is 2.31. The van der Waals surface area contributed by atoms with Gasteiger partial charge in [-0.3, -0.25) is 9.59 Å². The highest BCUT2D eigenvalue weighted by atomic mass is 19.3. The number of alkyl halides is 2. The van der Waals surface area contributed by atoms with Crippen LogP contribution in [0.4, 0.5) is 20.2 Å². The van der Waals surface area contributed by atoms with Crippen molar-refractivity contribution in [2.45, 2.75) is 20.0 Å². The van der Waals surface area contributed by atoms with Crippen molar-refractivity contribution in [3.63, 3.8) is 0 Å². The smallest absolute Gasteiger partial charge is 0.387 e. The maximum atomic E-state index is 12.4. The molecule has 0 atom stereocenters. The Balaban J connectivity index is 2.01. The number of benzene rings is 2. The molecule has 0 heterocycles. The molecule has 26 heavy (non-hydrogen) atoms. The first-order chi connectivity index (χ1) is 12.4. The average molecular weight is 364 g/mol. The summed E-state index contributed by atoms with van der Waals surface area (Å²) in [4.78, 5) is 23.1. The van der Waals surface area contributed by atoms with Crippen LogP contribution in [0.2, 0.25) is 0 Å². The summed E-state index contributed by atoms with van der Waals surface area (Å²) in [7, 11) is 1.33. The summed E-state index contributed by atoms with van der Waals surface area (Å²) in [6.45, 7) is -1.60. The summed E-state index contributed by atoms with van der Waals surface area (Å²) in [6, 6.07) is 11.0. The second-order valence-corrected chi connectivity index (χ2v) is 5.35. The number of rotatable bonds is 7. The summed E-state index contributed by atoms with van der Waals surface area (Å²) in [5.74, 6) is -0.543. The molecule has 0 unspecified atom stereocenters. The van der Waals surface area contributed by atoms with E-state index in [2.05, 4.69) is 15.4 Å². The van der Waals surface area contributed by atoms with Crippen molar-refractivity contribution in [3.8, 4) is 11.5 Å². The summed E-state index contributed by atoms with van der Waals surface area (Å²) >= 11 is 0. The normalized spacial score (nSPS) is 10.3. The van der Waals surface area contributed by atoms with Gasteiger partial charge in [-0.1, -0.05) is 12.1 Å². The van der Waals surface area contributed by atoms with Crippen LogP contribution in [0.5, 0.6) is 11.5 Å². The fraction of sp³-hybridized carbons (Fsp3) is 0.222. The number of halogens is 2. The molecule has 0 saturated heterocycles. The van der Waals surface area contributed by atoms with Crippen LogP contribution >= 0.6 is 0 Å². The molecule has 0 aliphatic carbocycles. The van der Waals surface area contributed by atoms with Crippen molar-refractivity contribution in [1.82, 2.24) is 0 Å². The predicted molar refractivity (Wildman–Crippen MR) is 92.7 cm³/mol. The molecule has 6 nitrogen and oxygen atoms in total. The van der Waals surface area contributed by atoms with Crippen molar-refractivity contribution in [3.05, 3.63) is 48.0 Å². The first-order valence-corrected chi connectivity index (χ1v) is 7.66. The number of hydrogen-bond donors (Lipinski definition) is 2. The summed E-state index contributed by atoms with van der Waals surface area (Å²) < 4.78 is 34.2. The third-order valence-corrected chi connectivity index (χ3v) is 3.30. The first-order valence-electron chi connectivity index (χ1n) is 7.66. The molecule has 2 aromatic carbocycles. The number of ether oxygens (including phenoxy) is 2. The third-order valence-electron chi connectivity index (χ3n) is 3.30. The quantitative estimate of drug-likeness (QED) is 0.789. The van der Waals surface area contributed by atoms with Crippen LogP contribution in [-0.4, -0.2) is 25.5 Å². The molecule has 0 saturated carbocycles. The second kappa shape index (κ2) is 8.80. The highest BCUT2D eigenvalue weighted by Gasteiger charge is 2.12. The Morgan fingerprint density at radius 1 is 1.00 bits per heavy atom. The number of carbonyl (C=O) groups excluding carboxylic acids is 2. The molecule has 0 spiro atoms. The second-order valence-electron chi connectivity index (χ2n) is 5.35. The molecule has 2 aromatic rings. The van der Waals surface area contributed by atoms with Gasteiger partial charge in [0.05, 0.1) is 13.5 Å². The van der Waals surface area contributed by atoms with Gasteiger partial charge in [0, 0.05) is 24.4 Å². The predicted octanol–water partition coefficient (Wildman–Crippen LogP) is 3.44. The number of hydrogen-bond acceptors (Lipinski definition) is 4. The van der Waals surface area contributed by atoms with Gasteiger partial charge in [0.25, 0.3) is 0 Å². The Morgan fingerprint density at radius 3 is 2.23 bits per heavy atom. The molecule has 0 aliphatic heterocycles. The van der Waals surface area contributed by atoms with Crippen LogP contribution in [0.25, 0.3) is 0 Å². The van der Waals surface area contributed by atoms with Gasteiger partial charge in [0.15, 0.2) is 11.5 Å². The van der Waals surface area contributed by atoms with E-state index in [1.807, 2.05) is 0 Å². The van der Waals surface area contributed by atoms with Crippen molar-refractivity contribution < 1.29 is 27.8 Å². The Kier molecular flexibility index (Phi) is 6.48. The third kappa shape index (κ3) is 5.73. The standard InChI is InChI=1S/C18H18F2N2O4/c1-11(23)21-13-5-3-12(4-6-13)9-17(24)22-14-7-8-15(25-2)16(10-14)26-18(19)20/h3-8,10,18H,9H2,1-2H3,(H,21,23)(H,22,24). The van der Waals surface area contributed by atoms with E-state index < -0.39 is 6.61 Å². The van der Waals surface area contributed by atoms with Gasteiger partial charge < -0.3 is 20.1 Å². The fourth-order valence-electron chi connectivity index (χ4n) is 2.24. The molecule has 0 radical (unpaired) electrons. The zero-order valence-corrected chi connectivity index (χ0v) is 14.2. The van der Waals surface area contributed by atoms with Gasteiger partial charge in [-0.25, -0.2) is 0 Å². The van der Waals surface area contributed by atoms with E-state index in [1.165, 1.54) is 32.2 Å². The number of carbonyl (C=O) groups is 2. The minimum atomic E-state index is -3.00. The molecule has 0 aromatic heterocycles. The molecule has 0 aliphatic rings. The van der Waals surface area contributed by atoms with Gasteiger partial charge in [0.1, 0.15) is 0 Å². The van der Waals surface area contributed by atoms with E-state index in [-0.39, 0.29) is 29.7 Å². The fourth-order valence-corrected chi connectivity index (χ4v) is 2.24. The largest absolute Gasteiger partial charge is 0.493 e. The van der Waals surface area contributed by atoms with Gasteiger partial charge in [0.2, 0.25) is 11.8 Å². The monoisotopic (exact) mass is 364 g/mol. The molecule has 8 heteroatoms. The summed E-state index contributed by atoms with van der Waals surface area (Å²) in [5.41, 5.74) is 1.67. The first kappa shape index (κ1) is 19.2. The number of anilines is 2. The minimum absolute atomic E-state index is 0.0808. The van der Waals surface area contributed by atoms with Crippen LogP contribution in [0, 0.1) is 0 Å². The molecular weight excluding hydrogens is 346 g/mol. The lowest BCUT2D eigenvalue weighted by atomic mass is 10.1. The zero-order valence-electron chi connectivity index (χ0n) is 14.2. The van der Waals surface area contributed by atoms with E-state index in [0.717, 1.165) is 5.56 Å². The van der Waals surface area contributed by atoms with Gasteiger partial charge >= 0.3 is 6.61 Å². The van der Waals surface area contributed by atoms with Crippen LogP contribution < -0.4 is 20.1 Å². The van der Waals surface area contributed by atoms with E-state index in [0.29, 0.717) is 11.4 Å². The Hall–Kier alpha value is -3.16. The lowest BCUT2D eigenvalue weighted by Crippen LogP contribution is -2.15. The van der Waals surface area contributed by atoms with E-state index in [9.17, 15) is 18.4 Å². The molecule has 2 amide bonds.